The predicted molar refractivity (Wildman–Crippen MR) is 89.3 cm³/mol. The Bertz CT molecular complexity index is 565. The Hall–Kier alpha value is -1.20. The molecule has 0 aliphatic carbocycles. The fraction of sp³-hybridized carbons (Fsp3) is 0.500. The van der Waals surface area contributed by atoms with E-state index in [1.165, 1.54) is 15.7 Å². The van der Waals surface area contributed by atoms with Crippen LogP contribution in [0.15, 0.2) is 29.0 Å². The van der Waals surface area contributed by atoms with E-state index in [0.717, 1.165) is 38.2 Å². The van der Waals surface area contributed by atoms with Gasteiger partial charge in [0.25, 0.3) is 0 Å². The monoisotopic (exact) mass is 350 g/mol. The van der Waals surface area contributed by atoms with E-state index in [-0.39, 0.29) is 0 Å². The lowest BCUT2D eigenvalue weighted by Gasteiger charge is -2.17. The van der Waals surface area contributed by atoms with Crippen LogP contribution in [0.5, 0.6) is 0 Å². The van der Waals surface area contributed by atoms with Crippen LogP contribution < -0.4 is 0 Å². The molecule has 0 fully saturated rings. The summed E-state index contributed by atoms with van der Waals surface area (Å²) in [6.07, 6.45) is 5.70. The smallest absolute Gasteiger partial charge is 0.0767 e. The standard InChI is InChI=1S/C16H23BrN4/c1-4-14-16(17)15(21(5-2)19-14)12-20(3)11-8-13-6-9-18-10-7-13/h6-7,9-10H,4-5,8,11-12H2,1-3H3. The van der Waals surface area contributed by atoms with Crippen molar-refractivity contribution in [2.24, 2.45) is 0 Å². The molecule has 0 saturated heterocycles. The highest BCUT2D eigenvalue weighted by Crippen LogP contribution is 2.23. The first-order chi connectivity index (χ1) is 10.2. The summed E-state index contributed by atoms with van der Waals surface area (Å²) >= 11 is 3.71. The lowest BCUT2D eigenvalue weighted by Crippen LogP contribution is -2.22. The molecule has 4 nitrogen and oxygen atoms in total. The molecular formula is C16H23BrN4. The van der Waals surface area contributed by atoms with Crippen molar-refractivity contribution in [1.82, 2.24) is 19.7 Å². The van der Waals surface area contributed by atoms with Crippen LogP contribution in [-0.2, 0) is 25.9 Å². The third-order valence-electron chi connectivity index (χ3n) is 3.65. The van der Waals surface area contributed by atoms with Gasteiger partial charge in [0.2, 0.25) is 0 Å². The Morgan fingerprint density at radius 1 is 1.24 bits per heavy atom. The van der Waals surface area contributed by atoms with E-state index >= 15 is 0 Å². The van der Waals surface area contributed by atoms with Gasteiger partial charge in [0.15, 0.2) is 0 Å². The lowest BCUT2D eigenvalue weighted by molar-refractivity contribution is 0.318. The molecule has 0 unspecified atom stereocenters. The van der Waals surface area contributed by atoms with Gasteiger partial charge in [0.1, 0.15) is 0 Å². The maximum Gasteiger partial charge on any atom is 0.0767 e. The van der Waals surface area contributed by atoms with Crippen molar-refractivity contribution < 1.29 is 0 Å². The van der Waals surface area contributed by atoms with Crippen molar-refractivity contribution >= 4 is 15.9 Å². The molecule has 0 bridgehead atoms. The number of rotatable bonds is 7. The van der Waals surface area contributed by atoms with Gasteiger partial charge in [0.05, 0.1) is 15.9 Å². The fourth-order valence-electron chi connectivity index (χ4n) is 2.37. The third-order valence-corrected chi connectivity index (χ3v) is 4.56. The van der Waals surface area contributed by atoms with Gasteiger partial charge in [0, 0.05) is 32.0 Å². The zero-order chi connectivity index (χ0) is 15.2. The van der Waals surface area contributed by atoms with Crippen LogP contribution in [-0.4, -0.2) is 33.3 Å². The molecule has 2 rings (SSSR count). The van der Waals surface area contributed by atoms with Crippen molar-refractivity contribution in [3.8, 4) is 0 Å². The number of pyridine rings is 1. The van der Waals surface area contributed by atoms with Crippen molar-refractivity contribution in [1.29, 1.82) is 0 Å². The summed E-state index contributed by atoms with van der Waals surface area (Å²) in [6.45, 7) is 7.12. The molecule has 0 amide bonds. The van der Waals surface area contributed by atoms with E-state index in [2.05, 4.69) is 68.6 Å². The molecule has 2 aromatic rings. The minimum Gasteiger partial charge on any atom is -0.300 e. The molecule has 0 aliphatic rings. The van der Waals surface area contributed by atoms with Crippen LogP contribution in [0, 0.1) is 0 Å². The van der Waals surface area contributed by atoms with Crippen molar-refractivity contribution in [3.63, 3.8) is 0 Å². The minimum atomic E-state index is 0.909. The van der Waals surface area contributed by atoms with Crippen LogP contribution >= 0.6 is 15.9 Å². The summed E-state index contributed by atoms with van der Waals surface area (Å²) in [4.78, 5) is 6.40. The normalized spacial score (nSPS) is 11.3. The number of aryl methyl sites for hydroxylation is 2. The molecule has 0 atom stereocenters. The van der Waals surface area contributed by atoms with E-state index < -0.39 is 0 Å². The maximum atomic E-state index is 4.65. The number of nitrogens with zero attached hydrogens (tertiary/aromatic N) is 4. The summed E-state index contributed by atoms with van der Waals surface area (Å²) in [7, 11) is 2.16. The average molecular weight is 351 g/mol. The van der Waals surface area contributed by atoms with Gasteiger partial charge in [-0.15, -0.1) is 0 Å². The SMILES string of the molecule is CCc1nn(CC)c(CN(C)CCc2ccncc2)c1Br. The largest absolute Gasteiger partial charge is 0.300 e. The van der Waals surface area contributed by atoms with Crippen molar-refractivity contribution in [2.75, 3.05) is 13.6 Å². The number of hydrogen-bond acceptors (Lipinski definition) is 3. The molecule has 5 heteroatoms. The lowest BCUT2D eigenvalue weighted by atomic mass is 10.2. The van der Waals surface area contributed by atoms with Crippen LogP contribution in [0.2, 0.25) is 0 Å². The van der Waals surface area contributed by atoms with Crippen LogP contribution in [0.4, 0.5) is 0 Å². The Morgan fingerprint density at radius 2 is 1.95 bits per heavy atom. The first-order valence-corrected chi connectivity index (χ1v) is 8.26. The molecule has 21 heavy (non-hydrogen) atoms. The molecule has 0 radical (unpaired) electrons. The molecule has 114 valence electrons. The Labute approximate surface area is 135 Å². The van der Waals surface area contributed by atoms with Gasteiger partial charge in [-0.25, -0.2) is 0 Å². The fourth-order valence-corrected chi connectivity index (χ4v) is 3.06. The molecule has 0 saturated carbocycles. The first kappa shape index (κ1) is 16.2. The topological polar surface area (TPSA) is 34.0 Å². The number of halogens is 1. The van der Waals surface area contributed by atoms with E-state index in [4.69, 9.17) is 0 Å². The molecular weight excluding hydrogens is 328 g/mol. The van der Waals surface area contributed by atoms with Gasteiger partial charge >= 0.3 is 0 Å². The molecule has 0 N–H and O–H groups in total. The highest BCUT2D eigenvalue weighted by molar-refractivity contribution is 9.10. The van der Waals surface area contributed by atoms with Crippen molar-refractivity contribution in [3.05, 3.63) is 46.0 Å². The number of hydrogen-bond donors (Lipinski definition) is 0. The van der Waals surface area contributed by atoms with Crippen LogP contribution in [0.25, 0.3) is 0 Å². The summed E-state index contributed by atoms with van der Waals surface area (Å²) in [6, 6.07) is 4.16. The Kier molecular flexibility index (Phi) is 5.94. The van der Waals surface area contributed by atoms with Gasteiger partial charge < -0.3 is 4.90 Å². The second-order valence-electron chi connectivity index (χ2n) is 5.22. The van der Waals surface area contributed by atoms with Gasteiger partial charge in [-0.1, -0.05) is 6.92 Å². The summed E-state index contributed by atoms with van der Waals surface area (Å²) < 4.78 is 3.27. The van der Waals surface area contributed by atoms with Crippen LogP contribution in [0.1, 0.15) is 30.8 Å². The Morgan fingerprint density at radius 3 is 2.57 bits per heavy atom. The average Bonchev–Trinajstić information content (AvgIpc) is 2.82. The zero-order valence-electron chi connectivity index (χ0n) is 13.0. The van der Waals surface area contributed by atoms with Gasteiger partial charge in [-0.05, 0) is 60.4 Å². The summed E-state index contributed by atoms with van der Waals surface area (Å²) in [5.74, 6) is 0. The molecule has 0 aliphatic heterocycles. The third kappa shape index (κ3) is 4.14. The van der Waals surface area contributed by atoms with E-state index in [1.807, 2.05) is 12.4 Å². The summed E-state index contributed by atoms with van der Waals surface area (Å²) in [5.41, 5.74) is 3.75. The second-order valence-corrected chi connectivity index (χ2v) is 6.01. The molecule has 2 heterocycles. The highest BCUT2D eigenvalue weighted by Gasteiger charge is 2.15. The predicted octanol–water partition coefficient (Wildman–Crippen LogP) is 3.30. The molecule has 0 aromatic carbocycles. The minimum absolute atomic E-state index is 0.909. The van der Waals surface area contributed by atoms with E-state index in [1.54, 1.807) is 0 Å². The number of likely N-dealkylation sites (N-methyl/N-ethyl adjacent to an activating group) is 1. The quantitative estimate of drug-likeness (QED) is 0.768. The van der Waals surface area contributed by atoms with Gasteiger partial charge in [-0.3, -0.25) is 9.67 Å². The molecule has 2 aromatic heterocycles. The maximum absolute atomic E-state index is 4.65. The second kappa shape index (κ2) is 7.71. The highest BCUT2D eigenvalue weighted by atomic mass is 79.9. The Balaban J connectivity index is 1.99. The number of aromatic nitrogens is 3. The summed E-state index contributed by atoms with van der Waals surface area (Å²) in [5, 5.41) is 4.65. The zero-order valence-corrected chi connectivity index (χ0v) is 14.6. The van der Waals surface area contributed by atoms with Crippen molar-refractivity contribution in [2.45, 2.75) is 39.8 Å². The van der Waals surface area contributed by atoms with E-state index in [9.17, 15) is 0 Å². The van der Waals surface area contributed by atoms with E-state index in [0.29, 0.717) is 0 Å². The van der Waals surface area contributed by atoms with Gasteiger partial charge in [-0.2, -0.15) is 5.10 Å². The van der Waals surface area contributed by atoms with Crippen LogP contribution in [0.3, 0.4) is 0 Å². The molecule has 0 spiro atoms. The first-order valence-electron chi connectivity index (χ1n) is 7.47.